The Kier molecular flexibility index (Phi) is 7.80. The first-order valence-electron chi connectivity index (χ1n) is 9.55. The molecule has 0 spiro atoms. The fourth-order valence-electron chi connectivity index (χ4n) is 3.56. The number of hydrogen-bond donors (Lipinski definition) is 0. The molecule has 2 heterocycles. The molecule has 0 aliphatic carbocycles. The van der Waals surface area contributed by atoms with Gasteiger partial charge in [0, 0.05) is 53.5 Å². The van der Waals surface area contributed by atoms with Gasteiger partial charge >= 0.3 is 0 Å². The molecule has 3 rings (SSSR count). The summed E-state index contributed by atoms with van der Waals surface area (Å²) >= 11 is 0. The first kappa shape index (κ1) is 22.1. The molecule has 5 heteroatoms. The SMILES string of the molecule is CCN(CC)C(=O)Cn1c(C)c(/C=C/c2cccc[n+]2C)c2ccccc21.[I-]. The van der Waals surface area contributed by atoms with Gasteiger partial charge in [-0.1, -0.05) is 18.2 Å². The second-order valence-electron chi connectivity index (χ2n) is 6.74. The molecule has 0 unspecified atom stereocenters. The summed E-state index contributed by atoms with van der Waals surface area (Å²) < 4.78 is 4.23. The molecule has 0 aliphatic heterocycles. The maximum atomic E-state index is 12.7. The van der Waals surface area contributed by atoms with E-state index in [0.29, 0.717) is 6.54 Å². The Morgan fingerprint density at radius 2 is 1.75 bits per heavy atom. The average molecular weight is 489 g/mol. The van der Waals surface area contributed by atoms with E-state index in [4.69, 9.17) is 0 Å². The molecule has 0 atom stereocenters. The number of carbonyl (C=O) groups is 1. The van der Waals surface area contributed by atoms with Crippen LogP contribution >= 0.6 is 0 Å². The van der Waals surface area contributed by atoms with Crippen molar-refractivity contribution in [2.45, 2.75) is 27.3 Å². The van der Waals surface area contributed by atoms with Crippen LogP contribution < -0.4 is 28.5 Å². The molecular formula is C23H28IN3O. The number of likely N-dealkylation sites (N-methyl/N-ethyl adjacent to an activating group) is 1. The van der Waals surface area contributed by atoms with Gasteiger partial charge in [-0.15, -0.1) is 0 Å². The van der Waals surface area contributed by atoms with Gasteiger partial charge in [-0.05, 0) is 39.0 Å². The second kappa shape index (κ2) is 9.87. The van der Waals surface area contributed by atoms with Gasteiger partial charge in [0.05, 0.1) is 0 Å². The van der Waals surface area contributed by atoms with E-state index in [9.17, 15) is 4.79 Å². The quantitative estimate of drug-likeness (QED) is 0.373. The Labute approximate surface area is 184 Å². The van der Waals surface area contributed by atoms with Crippen molar-refractivity contribution in [1.82, 2.24) is 9.47 Å². The van der Waals surface area contributed by atoms with E-state index < -0.39 is 0 Å². The Hall–Kier alpha value is -2.15. The monoisotopic (exact) mass is 489 g/mol. The van der Waals surface area contributed by atoms with Crippen molar-refractivity contribution in [1.29, 1.82) is 0 Å². The number of carbonyl (C=O) groups excluding carboxylic acids is 1. The lowest BCUT2D eigenvalue weighted by Gasteiger charge is -2.20. The molecule has 4 nitrogen and oxygen atoms in total. The van der Waals surface area contributed by atoms with Crippen molar-refractivity contribution in [2.24, 2.45) is 7.05 Å². The number of fused-ring (bicyclic) bond motifs is 1. The zero-order valence-electron chi connectivity index (χ0n) is 17.0. The Morgan fingerprint density at radius 1 is 1.07 bits per heavy atom. The number of aromatic nitrogens is 2. The summed E-state index contributed by atoms with van der Waals surface area (Å²) in [5, 5.41) is 1.18. The van der Waals surface area contributed by atoms with E-state index in [0.717, 1.165) is 30.0 Å². The van der Waals surface area contributed by atoms with Crippen LogP contribution in [0.4, 0.5) is 0 Å². The topological polar surface area (TPSA) is 29.1 Å². The molecule has 0 N–H and O–H groups in total. The summed E-state index contributed by atoms with van der Waals surface area (Å²) in [6.07, 6.45) is 6.33. The predicted molar refractivity (Wildman–Crippen MR) is 111 cm³/mol. The van der Waals surface area contributed by atoms with Crippen molar-refractivity contribution in [3.8, 4) is 0 Å². The molecule has 0 bridgehead atoms. The molecule has 3 aromatic rings. The highest BCUT2D eigenvalue weighted by Crippen LogP contribution is 2.27. The van der Waals surface area contributed by atoms with Crippen molar-refractivity contribution in [3.63, 3.8) is 0 Å². The number of aryl methyl sites for hydroxylation is 1. The Morgan fingerprint density at radius 3 is 2.43 bits per heavy atom. The van der Waals surface area contributed by atoms with Crippen molar-refractivity contribution >= 4 is 29.0 Å². The fraction of sp³-hybridized carbons (Fsp3) is 0.304. The predicted octanol–water partition coefficient (Wildman–Crippen LogP) is 0.817. The molecule has 2 aromatic heterocycles. The van der Waals surface area contributed by atoms with E-state index in [1.165, 1.54) is 10.9 Å². The Balaban J connectivity index is 0.00000280. The van der Waals surface area contributed by atoms with Crippen molar-refractivity contribution < 1.29 is 33.3 Å². The molecule has 0 aliphatic rings. The summed E-state index contributed by atoms with van der Waals surface area (Å²) in [6.45, 7) is 8.00. The van der Waals surface area contributed by atoms with Crippen LogP contribution in [0.2, 0.25) is 0 Å². The van der Waals surface area contributed by atoms with Crippen LogP contribution in [0.3, 0.4) is 0 Å². The molecule has 0 saturated carbocycles. The lowest BCUT2D eigenvalue weighted by atomic mass is 10.1. The van der Waals surface area contributed by atoms with E-state index in [1.807, 2.05) is 50.2 Å². The van der Waals surface area contributed by atoms with Crippen LogP contribution in [0.15, 0.2) is 48.7 Å². The molecule has 1 aromatic carbocycles. The normalized spacial score (nSPS) is 11.0. The first-order valence-corrected chi connectivity index (χ1v) is 9.55. The first-order chi connectivity index (χ1) is 13.1. The summed E-state index contributed by atoms with van der Waals surface area (Å²) in [5.74, 6) is 0.161. The summed E-state index contributed by atoms with van der Waals surface area (Å²) in [6, 6.07) is 14.5. The van der Waals surface area contributed by atoms with Crippen LogP contribution in [-0.4, -0.2) is 28.5 Å². The molecule has 28 heavy (non-hydrogen) atoms. The van der Waals surface area contributed by atoms with E-state index in [1.54, 1.807) is 0 Å². The molecule has 0 radical (unpaired) electrons. The number of pyridine rings is 1. The van der Waals surface area contributed by atoms with Gasteiger partial charge in [0.1, 0.15) is 13.6 Å². The smallest absolute Gasteiger partial charge is 0.242 e. The third-order valence-corrected chi connectivity index (χ3v) is 5.21. The van der Waals surface area contributed by atoms with Crippen LogP contribution in [0.5, 0.6) is 0 Å². The fourth-order valence-corrected chi connectivity index (χ4v) is 3.56. The minimum Gasteiger partial charge on any atom is -1.00 e. The van der Waals surface area contributed by atoms with Crippen LogP contribution in [0.1, 0.15) is 30.8 Å². The lowest BCUT2D eigenvalue weighted by molar-refractivity contribution is -0.673. The third-order valence-electron chi connectivity index (χ3n) is 5.21. The standard InChI is InChI=1S/C23H28N3O.HI/c1-5-25(6-2)23(27)17-26-18(3)20(21-12-7-8-13-22(21)26)15-14-19-11-9-10-16-24(19)4;/h7-16H,5-6,17H2,1-4H3;1H/q+1;/p-1. The van der Waals surface area contributed by atoms with Crippen LogP contribution in [0.25, 0.3) is 23.1 Å². The van der Waals surface area contributed by atoms with Crippen molar-refractivity contribution in [3.05, 3.63) is 65.6 Å². The van der Waals surface area contributed by atoms with E-state index in [-0.39, 0.29) is 29.9 Å². The summed E-state index contributed by atoms with van der Waals surface area (Å²) in [4.78, 5) is 14.6. The number of halogens is 1. The molecular weight excluding hydrogens is 461 g/mol. The summed E-state index contributed by atoms with van der Waals surface area (Å²) in [5.41, 5.74) is 4.52. The van der Waals surface area contributed by atoms with Gasteiger partial charge in [0.25, 0.3) is 0 Å². The molecule has 148 valence electrons. The van der Waals surface area contributed by atoms with Crippen molar-refractivity contribution in [2.75, 3.05) is 13.1 Å². The minimum absolute atomic E-state index is 0. The number of hydrogen-bond acceptors (Lipinski definition) is 1. The largest absolute Gasteiger partial charge is 1.00 e. The van der Waals surface area contributed by atoms with Crippen LogP contribution in [0, 0.1) is 6.92 Å². The van der Waals surface area contributed by atoms with Gasteiger partial charge in [-0.3, -0.25) is 4.79 Å². The highest BCUT2D eigenvalue weighted by molar-refractivity contribution is 5.94. The number of benzene rings is 1. The van der Waals surface area contributed by atoms with Gasteiger partial charge in [0.15, 0.2) is 6.20 Å². The van der Waals surface area contributed by atoms with Crippen LogP contribution in [-0.2, 0) is 18.4 Å². The molecule has 0 fully saturated rings. The molecule has 0 saturated heterocycles. The summed E-state index contributed by atoms with van der Waals surface area (Å²) in [7, 11) is 2.04. The van der Waals surface area contributed by atoms with Gasteiger partial charge in [0.2, 0.25) is 11.6 Å². The zero-order valence-corrected chi connectivity index (χ0v) is 19.2. The third kappa shape index (κ3) is 4.46. The van der Waals surface area contributed by atoms with E-state index >= 15 is 0 Å². The number of nitrogens with zero attached hydrogens (tertiary/aromatic N) is 3. The second-order valence-corrected chi connectivity index (χ2v) is 6.74. The number of rotatable bonds is 6. The Bertz CT molecular complexity index is 987. The van der Waals surface area contributed by atoms with Gasteiger partial charge in [-0.2, -0.15) is 0 Å². The number of amides is 1. The maximum absolute atomic E-state index is 12.7. The lowest BCUT2D eigenvalue weighted by Crippen LogP contribution is -3.00. The highest BCUT2D eigenvalue weighted by atomic mass is 127. The van der Waals surface area contributed by atoms with Gasteiger partial charge in [-0.25, -0.2) is 4.57 Å². The average Bonchev–Trinajstić information content (AvgIpc) is 2.94. The van der Waals surface area contributed by atoms with E-state index in [2.05, 4.69) is 52.5 Å². The number of para-hydroxylation sites is 1. The zero-order chi connectivity index (χ0) is 19.4. The molecule has 1 amide bonds. The maximum Gasteiger partial charge on any atom is 0.242 e. The highest BCUT2D eigenvalue weighted by Gasteiger charge is 2.17. The van der Waals surface area contributed by atoms with Gasteiger partial charge < -0.3 is 33.4 Å². The minimum atomic E-state index is 0.